The summed E-state index contributed by atoms with van der Waals surface area (Å²) in [7, 11) is 1.50. The van der Waals surface area contributed by atoms with Crippen molar-refractivity contribution in [1.82, 2.24) is 0 Å². The highest BCUT2D eigenvalue weighted by Crippen LogP contribution is 2.28. The van der Waals surface area contributed by atoms with Gasteiger partial charge in [-0.3, -0.25) is 4.79 Å². The molecule has 0 fully saturated rings. The van der Waals surface area contributed by atoms with E-state index in [-0.39, 0.29) is 17.0 Å². The Hall–Kier alpha value is -2.36. The van der Waals surface area contributed by atoms with Crippen LogP contribution in [0.1, 0.15) is 27.0 Å². The first-order valence-corrected chi connectivity index (χ1v) is 6.19. The lowest BCUT2D eigenvalue weighted by Crippen LogP contribution is -2.10. The Bertz CT molecular complexity index is 680. The molecular weight excluding hydrogens is 257 g/mol. The predicted molar refractivity (Wildman–Crippen MR) is 76.7 cm³/mol. The number of aryl methyl sites for hydroxylation is 2. The summed E-state index contributed by atoms with van der Waals surface area (Å²) in [6.07, 6.45) is 0. The van der Waals surface area contributed by atoms with Gasteiger partial charge < -0.3 is 10.5 Å². The summed E-state index contributed by atoms with van der Waals surface area (Å²) in [5, 5.41) is 0. The number of anilines is 1. The van der Waals surface area contributed by atoms with Crippen LogP contribution in [-0.2, 0) is 0 Å². The topological polar surface area (TPSA) is 52.3 Å². The molecule has 0 aliphatic rings. The van der Waals surface area contributed by atoms with Gasteiger partial charge in [0.2, 0.25) is 0 Å². The molecule has 0 radical (unpaired) electrons. The number of nitrogen functional groups attached to an aromatic ring is 1. The van der Waals surface area contributed by atoms with Crippen LogP contribution in [0.3, 0.4) is 0 Å². The zero-order valence-electron chi connectivity index (χ0n) is 11.7. The molecule has 2 rings (SSSR count). The van der Waals surface area contributed by atoms with Crippen LogP contribution in [0.5, 0.6) is 5.75 Å². The van der Waals surface area contributed by atoms with Gasteiger partial charge in [-0.1, -0.05) is 6.07 Å². The molecule has 104 valence electrons. The third kappa shape index (κ3) is 2.50. The Morgan fingerprint density at radius 1 is 1.20 bits per heavy atom. The van der Waals surface area contributed by atoms with Crippen molar-refractivity contribution in [3.05, 3.63) is 58.4 Å². The Morgan fingerprint density at radius 2 is 1.90 bits per heavy atom. The van der Waals surface area contributed by atoms with Crippen LogP contribution in [0.15, 0.2) is 30.3 Å². The first-order chi connectivity index (χ1) is 9.43. The number of rotatable bonds is 3. The number of halogens is 1. The lowest BCUT2D eigenvalue weighted by Gasteiger charge is -2.13. The number of benzene rings is 2. The van der Waals surface area contributed by atoms with Crippen molar-refractivity contribution >= 4 is 11.5 Å². The van der Waals surface area contributed by atoms with Gasteiger partial charge in [-0.2, -0.15) is 0 Å². The molecule has 0 unspecified atom stereocenters. The minimum Gasteiger partial charge on any atom is -0.496 e. The second-order valence-electron chi connectivity index (χ2n) is 4.72. The van der Waals surface area contributed by atoms with E-state index in [1.54, 1.807) is 6.07 Å². The van der Waals surface area contributed by atoms with Crippen molar-refractivity contribution in [3.63, 3.8) is 0 Å². The highest BCUT2D eigenvalue weighted by molar-refractivity contribution is 6.14. The monoisotopic (exact) mass is 273 g/mol. The number of ether oxygens (including phenoxy) is 1. The van der Waals surface area contributed by atoms with Crippen molar-refractivity contribution in [2.75, 3.05) is 12.8 Å². The van der Waals surface area contributed by atoms with Gasteiger partial charge in [-0.05, 0) is 49.2 Å². The summed E-state index contributed by atoms with van der Waals surface area (Å²) < 4.78 is 18.6. The molecule has 0 spiro atoms. The van der Waals surface area contributed by atoms with E-state index >= 15 is 0 Å². The van der Waals surface area contributed by atoms with Crippen molar-refractivity contribution in [2.45, 2.75) is 13.8 Å². The van der Waals surface area contributed by atoms with E-state index in [4.69, 9.17) is 10.5 Å². The summed E-state index contributed by atoms with van der Waals surface area (Å²) >= 11 is 0. The number of hydrogen-bond acceptors (Lipinski definition) is 3. The fourth-order valence-corrected chi connectivity index (χ4v) is 2.24. The second kappa shape index (κ2) is 5.33. The summed E-state index contributed by atoms with van der Waals surface area (Å²) in [4.78, 5) is 12.6. The second-order valence-corrected chi connectivity index (χ2v) is 4.72. The molecule has 0 aliphatic carbocycles. The predicted octanol–water partition coefficient (Wildman–Crippen LogP) is 3.26. The Kier molecular flexibility index (Phi) is 3.74. The van der Waals surface area contributed by atoms with Crippen molar-refractivity contribution in [2.24, 2.45) is 0 Å². The lowest BCUT2D eigenvalue weighted by molar-refractivity contribution is 0.103. The molecule has 2 N–H and O–H groups in total. The molecule has 0 aromatic heterocycles. The summed E-state index contributed by atoms with van der Waals surface area (Å²) in [5.41, 5.74) is 8.34. The van der Waals surface area contributed by atoms with Crippen molar-refractivity contribution in [1.29, 1.82) is 0 Å². The van der Waals surface area contributed by atoms with E-state index < -0.39 is 5.82 Å². The third-order valence-electron chi connectivity index (χ3n) is 3.15. The molecule has 0 bridgehead atoms. The van der Waals surface area contributed by atoms with Gasteiger partial charge in [0.05, 0.1) is 12.7 Å². The lowest BCUT2D eigenvalue weighted by atomic mass is 9.95. The molecule has 4 heteroatoms. The molecule has 0 heterocycles. The SMILES string of the molecule is COc1cc(C)cc(C)c1C(=O)c1cc(F)ccc1N. The molecule has 20 heavy (non-hydrogen) atoms. The van der Waals surface area contributed by atoms with E-state index in [9.17, 15) is 9.18 Å². The fraction of sp³-hybridized carbons (Fsp3) is 0.188. The van der Waals surface area contributed by atoms with E-state index in [1.807, 2.05) is 19.9 Å². The zero-order chi connectivity index (χ0) is 14.9. The maximum Gasteiger partial charge on any atom is 0.199 e. The molecule has 0 amide bonds. The molecule has 3 nitrogen and oxygen atoms in total. The van der Waals surface area contributed by atoms with Gasteiger partial charge >= 0.3 is 0 Å². The van der Waals surface area contributed by atoms with E-state index in [0.717, 1.165) is 17.2 Å². The first kappa shape index (κ1) is 14.1. The quantitative estimate of drug-likeness (QED) is 0.689. The highest BCUT2D eigenvalue weighted by atomic mass is 19.1. The summed E-state index contributed by atoms with van der Waals surface area (Å²) in [6.45, 7) is 3.73. The van der Waals surface area contributed by atoms with Gasteiger partial charge in [0, 0.05) is 11.3 Å². The number of carbonyl (C=O) groups is 1. The standard InChI is InChI=1S/C16H16FNO2/c1-9-6-10(2)15(14(7-9)20-3)16(19)12-8-11(17)4-5-13(12)18/h4-8H,18H2,1-3H3. The maximum absolute atomic E-state index is 13.3. The number of methoxy groups -OCH3 is 1. The van der Waals surface area contributed by atoms with Gasteiger partial charge in [-0.25, -0.2) is 4.39 Å². The van der Waals surface area contributed by atoms with E-state index in [1.165, 1.54) is 19.2 Å². The van der Waals surface area contributed by atoms with Crippen molar-refractivity contribution in [3.8, 4) is 5.75 Å². The van der Waals surface area contributed by atoms with Crippen LogP contribution in [-0.4, -0.2) is 12.9 Å². The number of carbonyl (C=O) groups excluding carboxylic acids is 1. The summed E-state index contributed by atoms with van der Waals surface area (Å²) in [6, 6.07) is 7.42. The molecule has 0 atom stereocenters. The molecule has 0 aliphatic heterocycles. The first-order valence-electron chi connectivity index (χ1n) is 6.19. The number of nitrogens with two attached hydrogens (primary N) is 1. The van der Waals surface area contributed by atoms with Gasteiger partial charge in [-0.15, -0.1) is 0 Å². The third-order valence-corrected chi connectivity index (χ3v) is 3.15. The van der Waals surface area contributed by atoms with Crippen LogP contribution in [0.2, 0.25) is 0 Å². The van der Waals surface area contributed by atoms with Crippen LogP contribution in [0.25, 0.3) is 0 Å². The fourth-order valence-electron chi connectivity index (χ4n) is 2.24. The minimum absolute atomic E-state index is 0.148. The Labute approximate surface area is 117 Å². The molecular formula is C16H16FNO2. The van der Waals surface area contributed by atoms with Crippen LogP contribution in [0.4, 0.5) is 10.1 Å². The highest BCUT2D eigenvalue weighted by Gasteiger charge is 2.20. The minimum atomic E-state index is -0.494. The van der Waals surface area contributed by atoms with Gasteiger partial charge in [0.25, 0.3) is 0 Å². The maximum atomic E-state index is 13.3. The molecule has 2 aromatic rings. The average molecular weight is 273 g/mol. The Balaban J connectivity index is 2.62. The van der Waals surface area contributed by atoms with Gasteiger partial charge in [0.1, 0.15) is 11.6 Å². The Morgan fingerprint density at radius 3 is 2.55 bits per heavy atom. The zero-order valence-corrected chi connectivity index (χ0v) is 11.7. The summed E-state index contributed by atoms with van der Waals surface area (Å²) in [5.74, 6) is -0.362. The molecule has 2 aromatic carbocycles. The largest absolute Gasteiger partial charge is 0.496 e. The number of ketones is 1. The molecule has 0 saturated heterocycles. The van der Waals surface area contributed by atoms with Gasteiger partial charge in [0.15, 0.2) is 5.78 Å². The van der Waals surface area contributed by atoms with Crippen LogP contribution in [0, 0.1) is 19.7 Å². The smallest absolute Gasteiger partial charge is 0.199 e. The molecule has 0 saturated carbocycles. The normalized spacial score (nSPS) is 10.4. The average Bonchev–Trinajstić information content (AvgIpc) is 2.40. The van der Waals surface area contributed by atoms with E-state index in [0.29, 0.717) is 11.3 Å². The van der Waals surface area contributed by atoms with Crippen molar-refractivity contribution < 1.29 is 13.9 Å². The van der Waals surface area contributed by atoms with Crippen LogP contribution >= 0.6 is 0 Å². The van der Waals surface area contributed by atoms with Crippen LogP contribution < -0.4 is 10.5 Å². The van der Waals surface area contributed by atoms with E-state index in [2.05, 4.69) is 0 Å². The number of hydrogen-bond donors (Lipinski definition) is 1.